The van der Waals surface area contributed by atoms with E-state index in [-0.39, 0.29) is 34.3 Å². The summed E-state index contributed by atoms with van der Waals surface area (Å²) >= 11 is 6.52. The van der Waals surface area contributed by atoms with Crippen molar-refractivity contribution in [3.63, 3.8) is 0 Å². The van der Waals surface area contributed by atoms with Gasteiger partial charge in [-0.2, -0.15) is 5.10 Å². The Bertz CT molecular complexity index is 1470. The predicted molar refractivity (Wildman–Crippen MR) is 129 cm³/mol. The van der Waals surface area contributed by atoms with Crippen molar-refractivity contribution in [1.29, 1.82) is 0 Å². The molecule has 3 aliphatic rings. The zero-order chi connectivity index (χ0) is 24.4. The van der Waals surface area contributed by atoms with E-state index >= 15 is 4.39 Å². The highest BCUT2D eigenvalue weighted by molar-refractivity contribution is 6.33. The van der Waals surface area contributed by atoms with Gasteiger partial charge in [0.15, 0.2) is 0 Å². The Kier molecular flexibility index (Phi) is 4.93. The zero-order valence-electron chi connectivity index (χ0n) is 18.8. The van der Waals surface area contributed by atoms with E-state index in [1.165, 1.54) is 18.2 Å². The van der Waals surface area contributed by atoms with Crippen LogP contribution in [0, 0.1) is 5.82 Å². The molecule has 178 valence electrons. The molecule has 0 saturated carbocycles. The third-order valence-corrected chi connectivity index (χ3v) is 7.51. The molecule has 2 bridgehead atoms. The summed E-state index contributed by atoms with van der Waals surface area (Å²) in [6.45, 7) is 0. The van der Waals surface area contributed by atoms with Crippen molar-refractivity contribution in [2.45, 2.75) is 37.8 Å². The second-order valence-corrected chi connectivity index (χ2v) is 9.62. The number of aromatic amines is 1. The third-order valence-electron chi connectivity index (χ3n) is 7.20. The van der Waals surface area contributed by atoms with Crippen LogP contribution in [0.4, 0.5) is 20.6 Å². The highest BCUT2D eigenvalue weighted by atomic mass is 35.5. The minimum Gasteiger partial charge on any atom is -0.315 e. The summed E-state index contributed by atoms with van der Waals surface area (Å²) < 4.78 is 15.1. The maximum absolute atomic E-state index is 15.1. The number of anilines is 2. The topological polar surface area (TPSA) is 98.4 Å². The number of benzene rings is 2. The number of aromatic nitrogens is 2. The van der Waals surface area contributed by atoms with Crippen LogP contribution >= 0.6 is 11.6 Å². The Labute approximate surface area is 204 Å². The SMILES string of the molecule is CN1C(=O)Cc2ccc(-c3cc(F)c(NC(=O)N4[C@H]5CC[C@@H]4c4n[nH]c(=O)cc4C5)cc3Cl)cc21. The highest BCUT2D eigenvalue weighted by Gasteiger charge is 2.44. The van der Waals surface area contributed by atoms with Gasteiger partial charge in [-0.25, -0.2) is 14.3 Å². The van der Waals surface area contributed by atoms with Gasteiger partial charge in [0, 0.05) is 30.4 Å². The number of halogens is 2. The van der Waals surface area contributed by atoms with E-state index in [4.69, 9.17) is 11.6 Å². The molecule has 1 saturated heterocycles. The lowest BCUT2D eigenvalue weighted by Gasteiger charge is -2.35. The quantitative estimate of drug-likeness (QED) is 0.563. The van der Waals surface area contributed by atoms with Crippen molar-refractivity contribution in [1.82, 2.24) is 15.1 Å². The summed E-state index contributed by atoms with van der Waals surface area (Å²) in [5.41, 5.74) is 4.09. The fourth-order valence-corrected chi connectivity index (χ4v) is 5.74. The van der Waals surface area contributed by atoms with E-state index in [0.29, 0.717) is 29.7 Å². The molecule has 4 heterocycles. The second-order valence-electron chi connectivity index (χ2n) is 9.22. The van der Waals surface area contributed by atoms with Gasteiger partial charge in [-0.1, -0.05) is 23.7 Å². The standard InChI is InChI=1S/C25H21ClFN5O3/c1-31-21-7-12(2-3-13(21)9-23(31)34)16-10-18(27)19(11-17(16)26)28-25(35)32-15-4-5-20(32)24-14(6-15)8-22(33)29-30-24/h2-3,7-8,10-11,15,20H,4-6,9H2,1H3,(H,28,35)(H,29,33)/t15-,20+/m0/s1. The molecule has 2 atom stereocenters. The number of hydrogen-bond donors (Lipinski definition) is 2. The normalized spacial score (nSPS) is 20.1. The largest absolute Gasteiger partial charge is 0.322 e. The number of hydrogen-bond acceptors (Lipinski definition) is 4. The zero-order valence-corrected chi connectivity index (χ0v) is 19.5. The molecule has 0 aliphatic carbocycles. The first-order valence-corrected chi connectivity index (χ1v) is 11.7. The van der Waals surface area contributed by atoms with Crippen LogP contribution in [0.2, 0.25) is 5.02 Å². The lowest BCUT2D eigenvalue weighted by Crippen LogP contribution is -2.45. The number of carbonyl (C=O) groups excluding carboxylic acids is 2. The molecule has 0 radical (unpaired) electrons. The van der Waals surface area contributed by atoms with E-state index in [1.54, 1.807) is 16.8 Å². The number of nitrogens with one attached hydrogen (secondary N) is 2. The van der Waals surface area contributed by atoms with Crippen molar-refractivity contribution in [2.75, 3.05) is 17.3 Å². The van der Waals surface area contributed by atoms with Crippen LogP contribution in [-0.4, -0.2) is 40.1 Å². The summed E-state index contributed by atoms with van der Waals surface area (Å²) in [5, 5.41) is 9.57. The maximum Gasteiger partial charge on any atom is 0.322 e. The van der Waals surface area contributed by atoms with E-state index in [9.17, 15) is 14.4 Å². The third kappa shape index (κ3) is 3.49. The fraction of sp³-hybridized carbons (Fsp3) is 0.280. The smallest absolute Gasteiger partial charge is 0.315 e. The average Bonchev–Trinajstić information content (AvgIpc) is 3.30. The molecule has 6 rings (SSSR count). The van der Waals surface area contributed by atoms with Gasteiger partial charge >= 0.3 is 6.03 Å². The van der Waals surface area contributed by atoms with Gasteiger partial charge < -0.3 is 15.1 Å². The minimum atomic E-state index is -0.616. The lowest BCUT2D eigenvalue weighted by molar-refractivity contribution is -0.117. The molecule has 2 aromatic carbocycles. The lowest BCUT2D eigenvalue weighted by atomic mass is 9.99. The number of carbonyl (C=O) groups is 2. The number of likely N-dealkylation sites (N-methyl/N-ethyl adjacent to an activating group) is 1. The molecular formula is C25H21ClFN5O3. The van der Waals surface area contributed by atoms with Gasteiger partial charge in [-0.05, 0) is 54.2 Å². The Morgan fingerprint density at radius 3 is 2.83 bits per heavy atom. The van der Waals surface area contributed by atoms with Gasteiger partial charge in [0.1, 0.15) is 5.82 Å². The number of amides is 3. The summed E-state index contributed by atoms with van der Waals surface area (Å²) in [5.74, 6) is -0.613. The fourth-order valence-electron chi connectivity index (χ4n) is 5.47. The first kappa shape index (κ1) is 21.8. The van der Waals surface area contributed by atoms with Crippen LogP contribution in [0.5, 0.6) is 0 Å². The van der Waals surface area contributed by atoms with Crippen molar-refractivity contribution in [3.05, 3.63) is 74.4 Å². The highest BCUT2D eigenvalue weighted by Crippen LogP contribution is 2.43. The van der Waals surface area contributed by atoms with Crippen LogP contribution in [0.3, 0.4) is 0 Å². The molecule has 2 N–H and O–H groups in total. The van der Waals surface area contributed by atoms with E-state index in [1.807, 2.05) is 18.2 Å². The molecular weight excluding hydrogens is 473 g/mol. The molecule has 35 heavy (non-hydrogen) atoms. The second kappa shape index (κ2) is 7.91. The summed E-state index contributed by atoms with van der Waals surface area (Å²) in [6.07, 6.45) is 2.38. The van der Waals surface area contributed by atoms with Crippen LogP contribution < -0.4 is 15.8 Å². The Morgan fingerprint density at radius 2 is 2.00 bits per heavy atom. The summed E-state index contributed by atoms with van der Waals surface area (Å²) in [6, 6.07) is 8.92. The number of H-pyrrole nitrogens is 1. The molecule has 8 nitrogen and oxygen atoms in total. The van der Waals surface area contributed by atoms with Crippen LogP contribution in [0.1, 0.15) is 35.7 Å². The summed E-state index contributed by atoms with van der Waals surface area (Å²) in [7, 11) is 1.71. The monoisotopic (exact) mass is 493 g/mol. The number of fused-ring (bicyclic) bond motifs is 5. The average molecular weight is 494 g/mol. The van der Waals surface area contributed by atoms with E-state index < -0.39 is 11.8 Å². The number of nitrogens with zero attached hydrogens (tertiary/aromatic N) is 3. The van der Waals surface area contributed by atoms with E-state index in [0.717, 1.165) is 29.7 Å². The predicted octanol–water partition coefficient (Wildman–Crippen LogP) is 4.04. The van der Waals surface area contributed by atoms with Crippen LogP contribution in [0.15, 0.2) is 41.2 Å². The first-order chi connectivity index (χ1) is 16.8. The van der Waals surface area contributed by atoms with Gasteiger partial charge in [-0.3, -0.25) is 9.59 Å². The molecule has 3 aromatic rings. The van der Waals surface area contributed by atoms with Gasteiger partial charge in [0.05, 0.1) is 28.9 Å². The summed E-state index contributed by atoms with van der Waals surface area (Å²) in [4.78, 5) is 40.1. The van der Waals surface area contributed by atoms with Crippen LogP contribution in [0.25, 0.3) is 11.1 Å². The van der Waals surface area contributed by atoms with Gasteiger partial charge in [-0.15, -0.1) is 0 Å². The minimum absolute atomic E-state index is 0.00310. The molecule has 10 heteroatoms. The van der Waals surface area contributed by atoms with Crippen LogP contribution in [-0.2, 0) is 17.6 Å². The molecule has 3 amide bonds. The van der Waals surface area contributed by atoms with Crippen molar-refractivity contribution >= 4 is 34.9 Å². The Balaban J connectivity index is 1.27. The van der Waals surface area contributed by atoms with Crippen molar-refractivity contribution < 1.29 is 14.0 Å². The number of urea groups is 1. The Hall–Kier alpha value is -3.72. The molecule has 0 unspecified atom stereocenters. The molecule has 1 aromatic heterocycles. The van der Waals surface area contributed by atoms with E-state index in [2.05, 4.69) is 15.5 Å². The van der Waals surface area contributed by atoms with Gasteiger partial charge in [0.25, 0.3) is 5.56 Å². The van der Waals surface area contributed by atoms with Crippen molar-refractivity contribution in [2.24, 2.45) is 0 Å². The van der Waals surface area contributed by atoms with Gasteiger partial charge in [0.2, 0.25) is 5.91 Å². The first-order valence-electron chi connectivity index (χ1n) is 11.4. The number of rotatable bonds is 2. The van der Waals surface area contributed by atoms with Crippen molar-refractivity contribution in [3.8, 4) is 11.1 Å². The molecule has 0 spiro atoms. The molecule has 3 aliphatic heterocycles. The molecule has 1 fully saturated rings. The Morgan fingerprint density at radius 1 is 1.17 bits per heavy atom. The maximum atomic E-state index is 15.1.